The summed E-state index contributed by atoms with van der Waals surface area (Å²) in [7, 11) is 0. The van der Waals surface area contributed by atoms with E-state index in [0.717, 1.165) is 6.54 Å². The third kappa shape index (κ3) is 4.40. The van der Waals surface area contributed by atoms with Crippen molar-refractivity contribution in [3.63, 3.8) is 0 Å². The molecule has 0 aromatic rings. The van der Waals surface area contributed by atoms with Crippen LogP contribution >= 0.6 is 0 Å². The van der Waals surface area contributed by atoms with E-state index in [0.29, 0.717) is 6.04 Å². The standard InChI is InChI=1S/C13H29N3/c1-3-5-6-13(12-14)16-10-8-15(7-4-2)9-11-16/h13H,3-12,14H2,1-2H3. The molecule has 3 nitrogen and oxygen atoms in total. The Balaban J connectivity index is 2.27. The summed E-state index contributed by atoms with van der Waals surface area (Å²) < 4.78 is 0. The van der Waals surface area contributed by atoms with Gasteiger partial charge in [-0.15, -0.1) is 0 Å². The molecule has 0 saturated carbocycles. The average Bonchev–Trinajstić information content (AvgIpc) is 2.32. The van der Waals surface area contributed by atoms with Crippen molar-refractivity contribution >= 4 is 0 Å². The molecule has 2 N–H and O–H groups in total. The lowest BCUT2D eigenvalue weighted by atomic mass is 10.1. The molecule has 0 aromatic heterocycles. The molecule has 1 fully saturated rings. The van der Waals surface area contributed by atoms with Gasteiger partial charge in [-0.1, -0.05) is 26.7 Å². The Morgan fingerprint density at radius 2 is 1.75 bits per heavy atom. The van der Waals surface area contributed by atoms with Crippen molar-refractivity contribution in [2.45, 2.75) is 45.6 Å². The fourth-order valence-corrected chi connectivity index (χ4v) is 2.56. The normalized spacial score (nSPS) is 21.2. The first kappa shape index (κ1) is 13.9. The summed E-state index contributed by atoms with van der Waals surface area (Å²) in [6, 6.07) is 0.628. The molecule has 1 rings (SSSR count). The van der Waals surface area contributed by atoms with Gasteiger partial charge in [0.1, 0.15) is 0 Å². The number of nitrogens with two attached hydrogens (primary N) is 1. The van der Waals surface area contributed by atoms with Crippen LogP contribution < -0.4 is 5.73 Å². The van der Waals surface area contributed by atoms with Gasteiger partial charge in [0.05, 0.1) is 0 Å². The fraction of sp³-hybridized carbons (Fsp3) is 1.00. The van der Waals surface area contributed by atoms with Crippen molar-refractivity contribution in [3.05, 3.63) is 0 Å². The monoisotopic (exact) mass is 227 g/mol. The van der Waals surface area contributed by atoms with Gasteiger partial charge in [0.25, 0.3) is 0 Å². The first-order chi connectivity index (χ1) is 7.81. The van der Waals surface area contributed by atoms with Gasteiger partial charge in [-0.3, -0.25) is 4.90 Å². The molecule has 16 heavy (non-hydrogen) atoms. The van der Waals surface area contributed by atoms with Gasteiger partial charge in [-0.25, -0.2) is 0 Å². The van der Waals surface area contributed by atoms with Crippen molar-refractivity contribution in [2.24, 2.45) is 5.73 Å². The zero-order chi connectivity index (χ0) is 11.8. The predicted octanol–water partition coefficient (Wildman–Crippen LogP) is 1.53. The minimum Gasteiger partial charge on any atom is -0.329 e. The molecule has 1 heterocycles. The third-order valence-corrected chi connectivity index (χ3v) is 3.63. The highest BCUT2D eigenvalue weighted by atomic mass is 15.3. The van der Waals surface area contributed by atoms with E-state index >= 15 is 0 Å². The van der Waals surface area contributed by atoms with E-state index in [9.17, 15) is 0 Å². The summed E-state index contributed by atoms with van der Waals surface area (Å²) in [6.45, 7) is 11.5. The molecule has 1 saturated heterocycles. The van der Waals surface area contributed by atoms with Crippen molar-refractivity contribution in [1.29, 1.82) is 0 Å². The maximum Gasteiger partial charge on any atom is 0.0219 e. The molecule has 1 aliphatic rings. The molecule has 0 bridgehead atoms. The van der Waals surface area contributed by atoms with Crippen LogP contribution in [0.4, 0.5) is 0 Å². The van der Waals surface area contributed by atoms with E-state index in [-0.39, 0.29) is 0 Å². The number of hydrogen-bond donors (Lipinski definition) is 1. The zero-order valence-corrected chi connectivity index (χ0v) is 11.1. The Labute approximate surface area is 101 Å². The molecule has 1 atom stereocenters. The van der Waals surface area contributed by atoms with Crippen LogP contribution in [-0.4, -0.2) is 55.1 Å². The second-order valence-electron chi connectivity index (χ2n) is 4.91. The van der Waals surface area contributed by atoms with Gasteiger partial charge < -0.3 is 10.6 Å². The quantitative estimate of drug-likeness (QED) is 0.716. The molecule has 1 aliphatic heterocycles. The van der Waals surface area contributed by atoms with Gasteiger partial charge in [-0.05, 0) is 19.4 Å². The lowest BCUT2D eigenvalue weighted by molar-refractivity contribution is 0.0940. The molecule has 1 unspecified atom stereocenters. The molecular formula is C13H29N3. The molecule has 0 radical (unpaired) electrons. The minimum atomic E-state index is 0.628. The smallest absolute Gasteiger partial charge is 0.0219 e. The van der Waals surface area contributed by atoms with E-state index in [1.54, 1.807) is 0 Å². The number of unbranched alkanes of at least 4 members (excludes halogenated alkanes) is 1. The van der Waals surface area contributed by atoms with Gasteiger partial charge in [-0.2, -0.15) is 0 Å². The fourth-order valence-electron chi connectivity index (χ4n) is 2.56. The second kappa shape index (κ2) is 8.04. The Hall–Kier alpha value is -0.120. The van der Waals surface area contributed by atoms with Crippen LogP contribution in [0, 0.1) is 0 Å². The van der Waals surface area contributed by atoms with E-state index in [1.165, 1.54) is 58.4 Å². The van der Waals surface area contributed by atoms with E-state index in [2.05, 4.69) is 23.6 Å². The van der Waals surface area contributed by atoms with Gasteiger partial charge in [0.2, 0.25) is 0 Å². The van der Waals surface area contributed by atoms with Crippen LogP contribution in [0.3, 0.4) is 0 Å². The first-order valence-corrected chi connectivity index (χ1v) is 6.98. The highest BCUT2D eigenvalue weighted by molar-refractivity contribution is 4.79. The zero-order valence-electron chi connectivity index (χ0n) is 11.1. The molecule has 3 heteroatoms. The van der Waals surface area contributed by atoms with Crippen LogP contribution in [0.25, 0.3) is 0 Å². The van der Waals surface area contributed by atoms with E-state index < -0.39 is 0 Å². The summed E-state index contributed by atoms with van der Waals surface area (Å²) in [5.41, 5.74) is 5.88. The highest BCUT2D eigenvalue weighted by Gasteiger charge is 2.21. The summed E-state index contributed by atoms with van der Waals surface area (Å²) in [5.74, 6) is 0. The van der Waals surface area contributed by atoms with E-state index in [1.807, 2.05) is 0 Å². The van der Waals surface area contributed by atoms with Gasteiger partial charge in [0, 0.05) is 38.8 Å². The van der Waals surface area contributed by atoms with Crippen LogP contribution in [-0.2, 0) is 0 Å². The summed E-state index contributed by atoms with van der Waals surface area (Å²) in [4.78, 5) is 5.17. The van der Waals surface area contributed by atoms with Crippen molar-refractivity contribution in [2.75, 3.05) is 39.3 Å². The predicted molar refractivity (Wildman–Crippen MR) is 70.7 cm³/mol. The molecule has 96 valence electrons. The number of hydrogen-bond acceptors (Lipinski definition) is 3. The number of nitrogens with zero attached hydrogens (tertiary/aromatic N) is 2. The summed E-state index contributed by atoms with van der Waals surface area (Å²) in [6.07, 6.45) is 5.15. The molecule has 0 amide bonds. The lowest BCUT2D eigenvalue weighted by Crippen LogP contribution is -2.52. The highest BCUT2D eigenvalue weighted by Crippen LogP contribution is 2.11. The van der Waals surface area contributed by atoms with Gasteiger partial charge in [0.15, 0.2) is 0 Å². The molecular weight excluding hydrogens is 198 g/mol. The molecule has 0 aromatic carbocycles. The maximum atomic E-state index is 5.88. The van der Waals surface area contributed by atoms with Crippen molar-refractivity contribution in [3.8, 4) is 0 Å². The summed E-state index contributed by atoms with van der Waals surface area (Å²) >= 11 is 0. The van der Waals surface area contributed by atoms with Gasteiger partial charge >= 0.3 is 0 Å². The summed E-state index contributed by atoms with van der Waals surface area (Å²) in [5, 5.41) is 0. The Bertz CT molecular complexity index is 165. The SMILES string of the molecule is CCCCC(CN)N1CCN(CCC)CC1. The van der Waals surface area contributed by atoms with Crippen LogP contribution in [0.15, 0.2) is 0 Å². The largest absolute Gasteiger partial charge is 0.329 e. The second-order valence-corrected chi connectivity index (χ2v) is 4.91. The van der Waals surface area contributed by atoms with Crippen molar-refractivity contribution < 1.29 is 0 Å². The Morgan fingerprint density at radius 1 is 1.06 bits per heavy atom. The Kier molecular flexibility index (Phi) is 7.01. The third-order valence-electron chi connectivity index (χ3n) is 3.63. The Morgan fingerprint density at radius 3 is 2.25 bits per heavy atom. The molecule has 0 aliphatic carbocycles. The maximum absolute atomic E-state index is 5.88. The van der Waals surface area contributed by atoms with E-state index in [4.69, 9.17) is 5.73 Å². The van der Waals surface area contributed by atoms with Crippen molar-refractivity contribution in [1.82, 2.24) is 9.80 Å². The minimum absolute atomic E-state index is 0.628. The van der Waals surface area contributed by atoms with Crippen LogP contribution in [0.1, 0.15) is 39.5 Å². The number of rotatable bonds is 7. The average molecular weight is 227 g/mol. The lowest BCUT2D eigenvalue weighted by Gasteiger charge is -2.39. The topological polar surface area (TPSA) is 32.5 Å². The van der Waals surface area contributed by atoms with Crippen LogP contribution in [0.2, 0.25) is 0 Å². The number of piperazine rings is 1. The first-order valence-electron chi connectivity index (χ1n) is 6.98. The molecule has 0 spiro atoms. The van der Waals surface area contributed by atoms with Crippen LogP contribution in [0.5, 0.6) is 0 Å².